The van der Waals surface area contributed by atoms with E-state index in [1.165, 1.54) is 16.4 Å². The first kappa shape index (κ1) is 20.4. The van der Waals surface area contributed by atoms with E-state index < -0.39 is 10.0 Å². The van der Waals surface area contributed by atoms with Gasteiger partial charge >= 0.3 is 0 Å². The number of amides is 1. The van der Waals surface area contributed by atoms with Crippen LogP contribution in [-0.4, -0.2) is 44.9 Å². The standard InChI is InChI=1S/C20H23FN2O4S/c1-15(17-6-8-19(21)9-7-17)22-20(24)18-4-2-16(3-5-18)14-28(25,26)23-10-12-27-13-11-23/h2-9,15H,10-14H2,1H3,(H,22,24)/t15-/m0/s1. The van der Waals surface area contributed by atoms with E-state index in [0.717, 1.165) is 5.56 Å². The van der Waals surface area contributed by atoms with Crippen LogP contribution in [0.25, 0.3) is 0 Å². The highest BCUT2D eigenvalue weighted by molar-refractivity contribution is 7.88. The molecule has 0 bridgehead atoms. The number of hydrogen-bond acceptors (Lipinski definition) is 4. The van der Waals surface area contributed by atoms with Crippen molar-refractivity contribution in [1.29, 1.82) is 0 Å². The Morgan fingerprint density at radius 2 is 1.71 bits per heavy atom. The molecule has 0 radical (unpaired) electrons. The van der Waals surface area contributed by atoms with Gasteiger partial charge in [0, 0.05) is 18.7 Å². The minimum atomic E-state index is -3.41. The number of morpholine rings is 1. The first-order chi connectivity index (χ1) is 13.3. The molecule has 1 amide bonds. The van der Waals surface area contributed by atoms with Crippen molar-refractivity contribution in [3.05, 3.63) is 71.0 Å². The predicted octanol–water partition coefficient (Wildman–Crippen LogP) is 2.48. The zero-order valence-corrected chi connectivity index (χ0v) is 16.4. The number of nitrogens with one attached hydrogen (secondary N) is 1. The third-order valence-electron chi connectivity index (χ3n) is 4.65. The molecule has 3 rings (SSSR count). The number of rotatable bonds is 6. The Balaban J connectivity index is 1.61. The maximum atomic E-state index is 13.0. The third-order valence-corrected chi connectivity index (χ3v) is 6.50. The van der Waals surface area contributed by atoms with Crippen molar-refractivity contribution in [1.82, 2.24) is 9.62 Å². The Morgan fingerprint density at radius 1 is 1.11 bits per heavy atom. The number of halogens is 1. The van der Waals surface area contributed by atoms with Gasteiger partial charge in [-0.25, -0.2) is 12.8 Å². The van der Waals surface area contributed by atoms with Gasteiger partial charge in [0.05, 0.1) is 25.0 Å². The second kappa shape index (κ2) is 8.81. The number of ether oxygens (including phenoxy) is 1. The van der Waals surface area contributed by atoms with Gasteiger partial charge in [0.15, 0.2) is 0 Å². The van der Waals surface area contributed by atoms with Crippen LogP contribution in [0, 0.1) is 5.82 Å². The summed E-state index contributed by atoms with van der Waals surface area (Å²) < 4.78 is 44.6. The van der Waals surface area contributed by atoms with Gasteiger partial charge in [-0.15, -0.1) is 0 Å². The zero-order chi connectivity index (χ0) is 20.1. The van der Waals surface area contributed by atoms with Crippen molar-refractivity contribution < 1.29 is 22.3 Å². The fraction of sp³-hybridized carbons (Fsp3) is 0.350. The molecule has 1 fully saturated rings. The molecule has 1 atom stereocenters. The van der Waals surface area contributed by atoms with Gasteiger partial charge in [-0.05, 0) is 42.3 Å². The van der Waals surface area contributed by atoms with Crippen molar-refractivity contribution in [3.63, 3.8) is 0 Å². The van der Waals surface area contributed by atoms with Crippen LogP contribution in [0.5, 0.6) is 0 Å². The molecule has 150 valence electrons. The summed E-state index contributed by atoms with van der Waals surface area (Å²) in [5, 5.41) is 2.85. The van der Waals surface area contributed by atoms with E-state index in [0.29, 0.717) is 37.4 Å². The van der Waals surface area contributed by atoms with Crippen LogP contribution in [0.4, 0.5) is 4.39 Å². The third kappa shape index (κ3) is 5.15. The molecule has 6 nitrogen and oxygen atoms in total. The van der Waals surface area contributed by atoms with Crippen LogP contribution in [-0.2, 0) is 20.5 Å². The number of carbonyl (C=O) groups is 1. The lowest BCUT2D eigenvalue weighted by Gasteiger charge is -2.26. The molecular formula is C20H23FN2O4S. The summed E-state index contributed by atoms with van der Waals surface area (Å²) in [5.41, 5.74) is 1.85. The smallest absolute Gasteiger partial charge is 0.251 e. The molecule has 8 heteroatoms. The molecule has 2 aromatic carbocycles. The predicted molar refractivity (Wildman–Crippen MR) is 104 cm³/mol. The fourth-order valence-corrected chi connectivity index (χ4v) is 4.50. The summed E-state index contributed by atoms with van der Waals surface area (Å²) in [6.45, 7) is 3.36. The molecular weight excluding hydrogens is 383 g/mol. The lowest BCUT2D eigenvalue weighted by molar-refractivity contribution is 0.0729. The SMILES string of the molecule is C[C@H](NC(=O)c1ccc(CS(=O)(=O)N2CCOCC2)cc1)c1ccc(F)cc1. The van der Waals surface area contributed by atoms with Crippen molar-refractivity contribution in [2.75, 3.05) is 26.3 Å². The minimum absolute atomic E-state index is 0.110. The maximum Gasteiger partial charge on any atom is 0.251 e. The normalized spacial score (nSPS) is 16.5. The van der Waals surface area contributed by atoms with Gasteiger partial charge < -0.3 is 10.1 Å². The second-order valence-electron chi connectivity index (χ2n) is 6.71. The molecule has 1 heterocycles. The molecule has 2 aromatic rings. The fourth-order valence-electron chi connectivity index (χ4n) is 2.99. The lowest BCUT2D eigenvalue weighted by Crippen LogP contribution is -2.41. The average molecular weight is 406 g/mol. The number of sulfonamides is 1. The first-order valence-corrected chi connectivity index (χ1v) is 10.7. The van der Waals surface area contributed by atoms with Crippen molar-refractivity contribution >= 4 is 15.9 Å². The molecule has 0 spiro atoms. The van der Waals surface area contributed by atoms with E-state index in [1.807, 2.05) is 6.92 Å². The topological polar surface area (TPSA) is 75.7 Å². The number of nitrogens with zero attached hydrogens (tertiary/aromatic N) is 1. The van der Waals surface area contributed by atoms with Gasteiger partial charge in [0.1, 0.15) is 5.82 Å². The maximum absolute atomic E-state index is 13.0. The van der Waals surface area contributed by atoms with E-state index in [2.05, 4.69) is 5.32 Å². The molecule has 1 N–H and O–H groups in total. The molecule has 1 aliphatic heterocycles. The van der Waals surface area contributed by atoms with Gasteiger partial charge in [0.2, 0.25) is 10.0 Å². The van der Waals surface area contributed by atoms with Crippen molar-refractivity contribution in [3.8, 4) is 0 Å². The van der Waals surface area contributed by atoms with Crippen LogP contribution < -0.4 is 5.32 Å². The van der Waals surface area contributed by atoms with Crippen LogP contribution in [0.1, 0.15) is 34.5 Å². The van der Waals surface area contributed by atoms with Crippen LogP contribution in [0.15, 0.2) is 48.5 Å². The van der Waals surface area contributed by atoms with E-state index >= 15 is 0 Å². The van der Waals surface area contributed by atoms with E-state index in [1.54, 1.807) is 36.4 Å². The van der Waals surface area contributed by atoms with Crippen molar-refractivity contribution in [2.45, 2.75) is 18.7 Å². The van der Waals surface area contributed by atoms with E-state index in [-0.39, 0.29) is 23.5 Å². The summed E-state index contributed by atoms with van der Waals surface area (Å²) in [6, 6.07) is 12.2. The quantitative estimate of drug-likeness (QED) is 0.800. The van der Waals surface area contributed by atoms with E-state index in [4.69, 9.17) is 4.74 Å². The summed E-state index contributed by atoms with van der Waals surface area (Å²) in [7, 11) is -3.41. The Bertz CT molecular complexity index is 908. The largest absolute Gasteiger partial charge is 0.379 e. The van der Waals surface area contributed by atoms with Gasteiger partial charge in [-0.2, -0.15) is 4.31 Å². The summed E-state index contributed by atoms with van der Waals surface area (Å²) in [4.78, 5) is 12.4. The average Bonchev–Trinajstić information content (AvgIpc) is 2.69. The highest BCUT2D eigenvalue weighted by Gasteiger charge is 2.24. The van der Waals surface area contributed by atoms with Crippen molar-refractivity contribution in [2.24, 2.45) is 0 Å². The van der Waals surface area contributed by atoms with Crippen LogP contribution >= 0.6 is 0 Å². The molecule has 28 heavy (non-hydrogen) atoms. The van der Waals surface area contributed by atoms with Gasteiger partial charge in [0.25, 0.3) is 5.91 Å². The summed E-state index contributed by atoms with van der Waals surface area (Å²) in [5.74, 6) is -0.717. The number of benzene rings is 2. The van der Waals surface area contributed by atoms with E-state index in [9.17, 15) is 17.6 Å². The Hall–Kier alpha value is -2.29. The lowest BCUT2D eigenvalue weighted by atomic mass is 10.1. The van der Waals surface area contributed by atoms with Crippen LogP contribution in [0.3, 0.4) is 0 Å². The minimum Gasteiger partial charge on any atom is -0.379 e. The summed E-state index contributed by atoms with van der Waals surface area (Å²) in [6.07, 6.45) is 0. The second-order valence-corrected chi connectivity index (χ2v) is 8.68. The first-order valence-electron chi connectivity index (χ1n) is 9.06. The molecule has 1 aliphatic rings. The monoisotopic (exact) mass is 406 g/mol. The molecule has 0 aromatic heterocycles. The Labute approximate surface area is 164 Å². The van der Waals surface area contributed by atoms with Gasteiger partial charge in [-0.3, -0.25) is 4.79 Å². The van der Waals surface area contributed by atoms with Crippen LogP contribution in [0.2, 0.25) is 0 Å². The molecule has 0 unspecified atom stereocenters. The molecule has 0 saturated carbocycles. The summed E-state index contributed by atoms with van der Waals surface area (Å²) >= 11 is 0. The highest BCUT2D eigenvalue weighted by atomic mass is 32.2. The zero-order valence-electron chi connectivity index (χ0n) is 15.6. The Morgan fingerprint density at radius 3 is 2.32 bits per heavy atom. The van der Waals surface area contributed by atoms with Gasteiger partial charge in [-0.1, -0.05) is 24.3 Å². The number of hydrogen-bond donors (Lipinski definition) is 1. The number of carbonyl (C=O) groups excluding carboxylic acids is 1. The highest BCUT2D eigenvalue weighted by Crippen LogP contribution is 2.16. The molecule has 1 saturated heterocycles. The Kier molecular flexibility index (Phi) is 6.43. The molecule has 0 aliphatic carbocycles.